The predicted octanol–water partition coefficient (Wildman–Crippen LogP) is 2.08. The predicted molar refractivity (Wildman–Crippen MR) is 77.0 cm³/mol. The number of hydrogen-bond donors (Lipinski definition) is 1. The molecule has 0 radical (unpaired) electrons. The van der Waals surface area contributed by atoms with Crippen molar-refractivity contribution < 1.29 is 9.59 Å². The van der Waals surface area contributed by atoms with Gasteiger partial charge < -0.3 is 10.2 Å². The third-order valence-electron chi connectivity index (χ3n) is 5.50. The molecule has 1 heterocycles. The molecule has 2 saturated carbocycles. The standard InChI is InChI=1S/C16H26N2O2/c1-11-3-7-13(8-4-11)18-10-9-14(19)17-16(2,15(18)20)12-5-6-12/h11-13H,3-10H2,1-2H3,(H,17,19). The first-order chi connectivity index (χ1) is 9.50. The fraction of sp³-hybridized carbons (Fsp3) is 0.875. The van der Waals surface area contributed by atoms with E-state index in [-0.39, 0.29) is 11.8 Å². The molecule has 0 aromatic rings. The monoisotopic (exact) mass is 278 g/mol. The molecular formula is C16H26N2O2. The fourth-order valence-corrected chi connectivity index (χ4v) is 3.87. The first kappa shape index (κ1) is 13.9. The SMILES string of the molecule is CC1CCC(N2CCC(=O)NC(C)(C3CC3)C2=O)CC1. The third-order valence-corrected chi connectivity index (χ3v) is 5.50. The topological polar surface area (TPSA) is 49.4 Å². The van der Waals surface area contributed by atoms with E-state index in [1.807, 2.05) is 11.8 Å². The maximum absolute atomic E-state index is 13.0. The Kier molecular flexibility index (Phi) is 3.51. The minimum Gasteiger partial charge on any atom is -0.342 e. The Morgan fingerprint density at radius 1 is 1.10 bits per heavy atom. The summed E-state index contributed by atoms with van der Waals surface area (Å²) in [6, 6.07) is 0.351. The van der Waals surface area contributed by atoms with Crippen molar-refractivity contribution >= 4 is 11.8 Å². The van der Waals surface area contributed by atoms with Gasteiger partial charge in [-0.15, -0.1) is 0 Å². The van der Waals surface area contributed by atoms with Crippen LogP contribution >= 0.6 is 0 Å². The van der Waals surface area contributed by atoms with Gasteiger partial charge in [0.1, 0.15) is 5.54 Å². The van der Waals surface area contributed by atoms with Crippen LogP contribution in [0.2, 0.25) is 0 Å². The van der Waals surface area contributed by atoms with Gasteiger partial charge in [0.05, 0.1) is 0 Å². The van der Waals surface area contributed by atoms with Crippen LogP contribution in [0, 0.1) is 11.8 Å². The van der Waals surface area contributed by atoms with Gasteiger partial charge in [-0.2, -0.15) is 0 Å². The van der Waals surface area contributed by atoms with Crippen LogP contribution in [0.5, 0.6) is 0 Å². The minimum atomic E-state index is -0.642. The van der Waals surface area contributed by atoms with Crippen LogP contribution in [0.1, 0.15) is 58.8 Å². The van der Waals surface area contributed by atoms with Crippen molar-refractivity contribution in [3.63, 3.8) is 0 Å². The molecule has 0 spiro atoms. The summed E-state index contributed by atoms with van der Waals surface area (Å²) in [4.78, 5) is 27.0. The molecule has 0 aromatic heterocycles. The molecule has 20 heavy (non-hydrogen) atoms. The number of carbonyl (C=O) groups is 2. The number of nitrogens with zero attached hydrogens (tertiary/aromatic N) is 1. The summed E-state index contributed by atoms with van der Waals surface area (Å²) >= 11 is 0. The van der Waals surface area contributed by atoms with E-state index in [0.717, 1.165) is 31.6 Å². The van der Waals surface area contributed by atoms with Gasteiger partial charge in [0, 0.05) is 19.0 Å². The number of nitrogens with one attached hydrogen (secondary N) is 1. The smallest absolute Gasteiger partial charge is 0.248 e. The Balaban J connectivity index is 1.79. The normalized spacial score (nSPS) is 39.4. The molecule has 2 aliphatic carbocycles. The van der Waals surface area contributed by atoms with Gasteiger partial charge in [0.25, 0.3) is 0 Å². The van der Waals surface area contributed by atoms with Gasteiger partial charge in [-0.1, -0.05) is 6.92 Å². The molecule has 1 N–H and O–H groups in total. The van der Waals surface area contributed by atoms with Crippen LogP contribution in [-0.4, -0.2) is 34.8 Å². The summed E-state index contributed by atoms with van der Waals surface area (Å²) in [5.74, 6) is 1.34. The molecule has 4 heteroatoms. The van der Waals surface area contributed by atoms with Crippen molar-refractivity contribution in [2.75, 3.05) is 6.54 Å². The number of hydrogen-bond acceptors (Lipinski definition) is 2. The summed E-state index contributed by atoms with van der Waals surface area (Å²) in [6.45, 7) is 4.83. The Hall–Kier alpha value is -1.06. The zero-order valence-corrected chi connectivity index (χ0v) is 12.7. The maximum atomic E-state index is 13.0. The molecule has 112 valence electrons. The van der Waals surface area contributed by atoms with Crippen LogP contribution in [-0.2, 0) is 9.59 Å². The molecule has 3 fully saturated rings. The summed E-state index contributed by atoms with van der Waals surface area (Å²) in [5, 5.41) is 3.01. The zero-order chi connectivity index (χ0) is 14.3. The molecule has 1 aliphatic heterocycles. The van der Waals surface area contributed by atoms with Gasteiger partial charge in [-0.05, 0) is 57.3 Å². The van der Waals surface area contributed by atoms with Crippen molar-refractivity contribution in [2.24, 2.45) is 11.8 Å². The molecule has 4 nitrogen and oxygen atoms in total. The van der Waals surface area contributed by atoms with Crippen molar-refractivity contribution in [1.82, 2.24) is 10.2 Å². The lowest BCUT2D eigenvalue weighted by atomic mass is 9.85. The van der Waals surface area contributed by atoms with Crippen LogP contribution in [0.25, 0.3) is 0 Å². The zero-order valence-electron chi connectivity index (χ0n) is 12.7. The molecule has 0 aromatic carbocycles. The van der Waals surface area contributed by atoms with E-state index in [2.05, 4.69) is 12.2 Å². The van der Waals surface area contributed by atoms with E-state index in [1.54, 1.807) is 0 Å². The Labute approximate surface area is 121 Å². The Bertz CT molecular complexity index is 411. The van der Waals surface area contributed by atoms with Crippen LogP contribution < -0.4 is 5.32 Å². The first-order valence-corrected chi connectivity index (χ1v) is 8.13. The van der Waals surface area contributed by atoms with Crippen molar-refractivity contribution in [2.45, 2.75) is 70.4 Å². The molecule has 3 aliphatic rings. The average Bonchev–Trinajstić information content (AvgIpc) is 3.24. The molecular weight excluding hydrogens is 252 g/mol. The third kappa shape index (κ3) is 2.45. The van der Waals surface area contributed by atoms with Crippen molar-refractivity contribution in [3.8, 4) is 0 Å². The molecule has 3 rings (SSSR count). The summed E-state index contributed by atoms with van der Waals surface area (Å²) < 4.78 is 0. The van der Waals surface area contributed by atoms with Crippen LogP contribution in [0.3, 0.4) is 0 Å². The second-order valence-electron chi connectivity index (χ2n) is 7.19. The summed E-state index contributed by atoms with van der Waals surface area (Å²) in [5.41, 5.74) is -0.642. The highest BCUT2D eigenvalue weighted by Crippen LogP contribution is 2.42. The molecule has 1 atom stereocenters. The Morgan fingerprint density at radius 3 is 2.35 bits per heavy atom. The summed E-state index contributed by atoms with van der Waals surface area (Å²) in [6.07, 6.45) is 7.20. The average molecular weight is 278 g/mol. The highest BCUT2D eigenvalue weighted by Gasteiger charge is 2.52. The van der Waals surface area contributed by atoms with E-state index in [1.165, 1.54) is 12.8 Å². The fourth-order valence-electron chi connectivity index (χ4n) is 3.87. The van der Waals surface area contributed by atoms with Gasteiger partial charge in [-0.25, -0.2) is 0 Å². The van der Waals surface area contributed by atoms with Gasteiger partial charge >= 0.3 is 0 Å². The lowest BCUT2D eigenvalue weighted by Crippen LogP contribution is -2.58. The van der Waals surface area contributed by atoms with Gasteiger partial charge in [0.2, 0.25) is 11.8 Å². The second-order valence-corrected chi connectivity index (χ2v) is 7.19. The molecule has 2 amide bonds. The van der Waals surface area contributed by atoms with Gasteiger partial charge in [-0.3, -0.25) is 9.59 Å². The lowest BCUT2D eigenvalue weighted by molar-refractivity contribution is -0.141. The quantitative estimate of drug-likeness (QED) is 0.841. The van der Waals surface area contributed by atoms with E-state index >= 15 is 0 Å². The van der Waals surface area contributed by atoms with Crippen LogP contribution in [0.15, 0.2) is 0 Å². The number of rotatable bonds is 2. The highest BCUT2D eigenvalue weighted by atomic mass is 16.2. The number of carbonyl (C=O) groups excluding carboxylic acids is 2. The highest BCUT2D eigenvalue weighted by molar-refractivity contribution is 5.94. The van der Waals surface area contributed by atoms with Crippen molar-refractivity contribution in [1.29, 1.82) is 0 Å². The molecule has 1 unspecified atom stereocenters. The number of amides is 2. The van der Waals surface area contributed by atoms with E-state index < -0.39 is 5.54 Å². The maximum Gasteiger partial charge on any atom is 0.248 e. The largest absolute Gasteiger partial charge is 0.342 e. The summed E-state index contributed by atoms with van der Waals surface area (Å²) in [7, 11) is 0. The Morgan fingerprint density at radius 2 is 1.75 bits per heavy atom. The van der Waals surface area contributed by atoms with E-state index in [4.69, 9.17) is 0 Å². The van der Waals surface area contributed by atoms with Crippen LogP contribution in [0.4, 0.5) is 0 Å². The van der Waals surface area contributed by atoms with E-state index in [0.29, 0.717) is 24.9 Å². The lowest BCUT2D eigenvalue weighted by Gasteiger charge is -2.39. The van der Waals surface area contributed by atoms with E-state index in [9.17, 15) is 9.59 Å². The molecule has 1 saturated heterocycles. The minimum absolute atomic E-state index is 0.0411. The first-order valence-electron chi connectivity index (χ1n) is 8.13. The van der Waals surface area contributed by atoms with Crippen molar-refractivity contribution in [3.05, 3.63) is 0 Å². The molecule has 0 bridgehead atoms. The second kappa shape index (κ2) is 5.05. The van der Waals surface area contributed by atoms with Gasteiger partial charge in [0.15, 0.2) is 0 Å².